The molecule has 2 N–H and O–H groups in total. The number of methoxy groups -OCH3 is 1. The second kappa shape index (κ2) is 8.98. The molecule has 30 heavy (non-hydrogen) atoms. The fourth-order valence-electron chi connectivity index (χ4n) is 3.96. The smallest absolute Gasteiger partial charge is 0.342 e. The maximum atomic E-state index is 12.9. The number of carbonyl (C=O) groups excluding carboxylic acids is 2. The topological polar surface area (TPSA) is 93.3 Å². The first-order valence-electron chi connectivity index (χ1n) is 10.2. The summed E-state index contributed by atoms with van der Waals surface area (Å²) < 4.78 is 10.4. The Morgan fingerprint density at radius 2 is 1.90 bits per heavy atom. The minimum atomic E-state index is -0.416. The number of esters is 2. The number of benzene rings is 1. The van der Waals surface area contributed by atoms with Crippen molar-refractivity contribution in [2.45, 2.75) is 38.3 Å². The lowest BCUT2D eigenvalue weighted by atomic mass is 9.86. The first kappa shape index (κ1) is 19.9. The summed E-state index contributed by atoms with van der Waals surface area (Å²) in [4.78, 5) is 32.1. The number of H-pyrrole nitrogens is 1. The van der Waals surface area contributed by atoms with Crippen molar-refractivity contribution in [3.05, 3.63) is 59.9 Å². The van der Waals surface area contributed by atoms with Gasteiger partial charge in [0.15, 0.2) is 0 Å². The summed E-state index contributed by atoms with van der Waals surface area (Å²) in [6.07, 6.45) is 6.53. The van der Waals surface area contributed by atoms with Gasteiger partial charge in [-0.05, 0) is 37.3 Å². The van der Waals surface area contributed by atoms with Crippen LogP contribution >= 0.6 is 0 Å². The van der Waals surface area contributed by atoms with E-state index in [4.69, 9.17) is 9.47 Å². The van der Waals surface area contributed by atoms with E-state index in [1.165, 1.54) is 7.11 Å². The van der Waals surface area contributed by atoms with E-state index in [1.54, 1.807) is 12.4 Å². The number of anilines is 1. The third-order valence-corrected chi connectivity index (χ3v) is 5.63. The Kier molecular flexibility index (Phi) is 5.97. The normalized spacial score (nSPS) is 18.7. The summed E-state index contributed by atoms with van der Waals surface area (Å²) >= 11 is 0. The zero-order valence-corrected chi connectivity index (χ0v) is 16.9. The van der Waals surface area contributed by atoms with Crippen LogP contribution in [-0.4, -0.2) is 35.1 Å². The molecule has 1 aliphatic rings. The SMILES string of the molecule is COC(=O)C1CCC(Nc2c(C(=O)OCc3ccccc3)cnc3[nH]ccc23)CC1. The number of hydrogen-bond acceptors (Lipinski definition) is 6. The van der Waals surface area contributed by atoms with Crippen molar-refractivity contribution in [3.63, 3.8) is 0 Å². The van der Waals surface area contributed by atoms with Gasteiger partial charge in [0, 0.05) is 23.8 Å². The first-order valence-corrected chi connectivity index (χ1v) is 10.2. The summed E-state index contributed by atoms with van der Waals surface area (Å²) in [5.74, 6) is -0.608. The number of aromatic nitrogens is 2. The molecule has 0 unspecified atom stereocenters. The van der Waals surface area contributed by atoms with Crippen LogP contribution in [0.25, 0.3) is 11.0 Å². The lowest BCUT2D eigenvalue weighted by molar-refractivity contribution is -0.146. The van der Waals surface area contributed by atoms with Gasteiger partial charge in [0.05, 0.1) is 18.7 Å². The minimum absolute atomic E-state index is 0.0481. The Hall–Kier alpha value is -3.35. The van der Waals surface area contributed by atoms with E-state index in [0.29, 0.717) is 11.2 Å². The average Bonchev–Trinajstić information content (AvgIpc) is 3.28. The first-order chi connectivity index (χ1) is 14.7. The number of fused-ring (bicyclic) bond motifs is 1. The average molecular weight is 407 g/mol. The third-order valence-electron chi connectivity index (χ3n) is 5.63. The molecule has 1 aromatic carbocycles. The van der Waals surface area contributed by atoms with Gasteiger partial charge in [-0.2, -0.15) is 0 Å². The molecule has 7 heteroatoms. The summed E-state index contributed by atoms with van der Waals surface area (Å²) in [6, 6.07) is 11.6. The molecule has 7 nitrogen and oxygen atoms in total. The Bertz CT molecular complexity index is 1020. The standard InChI is InChI=1S/C23H25N3O4/c1-29-22(27)16-7-9-17(10-8-16)26-20-18-11-12-24-21(18)25-13-19(20)23(28)30-14-15-5-3-2-4-6-15/h2-6,11-13,16-17H,7-10,14H2,1H3,(H2,24,25,26). The van der Waals surface area contributed by atoms with Crippen molar-refractivity contribution in [1.82, 2.24) is 9.97 Å². The fourth-order valence-corrected chi connectivity index (χ4v) is 3.96. The van der Waals surface area contributed by atoms with E-state index in [2.05, 4.69) is 15.3 Å². The highest BCUT2D eigenvalue weighted by Gasteiger charge is 2.28. The van der Waals surface area contributed by atoms with Gasteiger partial charge in [0.25, 0.3) is 0 Å². The van der Waals surface area contributed by atoms with Crippen LogP contribution in [-0.2, 0) is 20.9 Å². The Balaban J connectivity index is 1.51. The monoisotopic (exact) mass is 407 g/mol. The third kappa shape index (κ3) is 4.30. The van der Waals surface area contributed by atoms with Gasteiger partial charge in [-0.3, -0.25) is 4.79 Å². The van der Waals surface area contributed by atoms with Gasteiger partial charge in [0.1, 0.15) is 17.8 Å². The summed E-state index contributed by atoms with van der Waals surface area (Å²) in [7, 11) is 1.43. The molecule has 2 heterocycles. The van der Waals surface area contributed by atoms with Crippen molar-refractivity contribution < 1.29 is 19.1 Å². The van der Waals surface area contributed by atoms with Gasteiger partial charge in [-0.15, -0.1) is 0 Å². The van der Waals surface area contributed by atoms with E-state index in [1.807, 2.05) is 36.4 Å². The molecule has 3 aromatic rings. The van der Waals surface area contributed by atoms with Crippen molar-refractivity contribution in [3.8, 4) is 0 Å². The number of pyridine rings is 1. The maximum absolute atomic E-state index is 12.9. The van der Waals surface area contributed by atoms with Crippen LogP contribution in [0.5, 0.6) is 0 Å². The molecule has 1 fully saturated rings. The van der Waals surface area contributed by atoms with E-state index >= 15 is 0 Å². The minimum Gasteiger partial charge on any atom is -0.469 e. The van der Waals surface area contributed by atoms with Gasteiger partial charge in [0.2, 0.25) is 0 Å². The van der Waals surface area contributed by atoms with Crippen LogP contribution in [0, 0.1) is 5.92 Å². The predicted octanol–water partition coefficient (Wildman–Crippen LogP) is 4.06. The summed E-state index contributed by atoms with van der Waals surface area (Å²) in [6.45, 7) is 0.203. The number of carbonyl (C=O) groups is 2. The van der Waals surface area contributed by atoms with Gasteiger partial charge in [-0.25, -0.2) is 9.78 Å². The molecule has 0 bridgehead atoms. The Morgan fingerprint density at radius 3 is 2.63 bits per heavy atom. The molecular formula is C23H25N3O4. The highest BCUT2D eigenvalue weighted by molar-refractivity contribution is 6.04. The molecular weight excluding hydrogens is 382 g/mol. The van der Waals surface area contributed by atoms with Crippen molar-refractivity contribution in [2.24, 2.45) is 5.92 Å². The number of aromatic amines is 1. The number of ether oxygens (including phenoxy) is 2. The molecule has 1 saturated carbocycles. The van der Waals surface area contributed by atoms with E-state index in [9.17, 15) is 9.59 Å². The number of nitrogens with one attached hydrogen (secondary N) is 2. The zero-order chi connectivity index (χ0) is 20.9. The molecule has 2 aromatic heterocycles. The van der Waals surface area contributed by atoms with E-state index in [0.717, 1.165) is 42.3 Å². The maximum Gasteiger partial charge on any atom is 0.342 e. The van der Waals surface area contributed by atoms with Crippen LogP contribution in [0.3, 0.4) is 0 Å². The van der Waals surface area contributed by atoms with Gasteiger partial charge in [-0.1, -0.05) is 30.3 Å². The Morgan fingerprint density at radius 1 is 1.13 bits per heavy atom. The fraction of sp³-hybridized carbons (Fsp3) is 0.348. The lowest BCUT2D eigenvalue weighted by Crippen LogP contribution is -2.30. The molecule has 0 atom stereocenters. The van der Waals surface area contributed by atoms with Crippen LogP contribution in [0.15, 0.2) is 48.8 Å². The molecule has 156 valence electrons. The molecule has 1 aliphatic carbocycles. The van der Waals surface area contributed by atoms with Crippen LogP contribution in [0.4, 0.5) is 5.69 Å². The van der Waals surface area contributed by atoms with Crippen LogP contribution in [0.2, 0.25) is 0 Å². The van der Waals surface area contributed by atoms with Crippen LogP contribution in [0.1, 0.15) is 41.6 Å². The zero-order valence-electron chi connectivity index (χ0n) is 16.9. The molecule has 0 spiro atoms. The van der Waals surface area contributed by atoms with E-state index < -0.39 is 5.97 Å². The van der Waals surface area contributed by atoms with Gasteiger partial charge < -0.3 is 19.8 Å². The Labute approximate surface area is 174 Å². The second-order valence-electron chi connectivity index (χ2n) is 7.56. The highest BCUT2D eigenvalue weighted by atomic mass is 16.5. The lowest BCUT2D eigenvalue weighted by Gasteiger charge is -2.29. The number of hydrogen-bond donors (Lipinski definition) is 2. The van der Waals surface area contributed by atoms with Gasteiger partial charge >= 0.3 is 11.9 Å². The number of rotatable bonds is 6. The molecule has 0 radical (unpaired) electrons. The van der Waals surface area contributed by atoms with Crippen LogP contribution < -0.4 is 5.32 Å². The number of nitrogens with zero attached hydrogens (tertiary/aromatic N) is 1. The summed E-state index contributed by atoms with van der Waals surface area (Å²) in [5.41, 5.74) is 2.77. The second-order valence-corrected chi connectivity index (χ2v) is 7.56. The van der Waals surface area contributed by atoms with Crippen molar-refractivity contribution in [1.29, 1.82) is 0 Å². The predicted molar refractivity (Wildman–Crippen MR) is 113 cm³/mol. The summed E-state index contributed by atoms with van der Waals surface area (Å²) in [5, 5.41) is 4.37. The molecule has 0 aliphatic heterocycles. The molecule has 0 amide bonds. The van der Waals surface area contributed by atoms with Crippen molar-refractivity contribution >= 4 is 28.7 Å². The van der Waals surface area contributed by atoms with E-state index in [-0.39, 0.29) is 24.5 Å². The molecule has 4 rings (SSSR count). The molecule has 0 saturated heterocycles. The highest BCUT2D eigenvalue weighted by Crippen LogP contribution is 2.32. The quantitative estimate of drug-likeness (QED) is 0.599. The largest absolute Gasteiger partial charge is 0.469 e. The van der Waals surface area contributed by atoms with Crippen molar-refractivity contribution in [2.75, 3.05) is 12.4 Å².